The number of nitrogens with one attached hydrogen (secondary N) is 1. The van der Waals surface area contributed by atoms with Crippen LogP contribution < -0.4 is 5.32 Å². The molecule has 0 aromatic heterocycles. The summed E-state index contributed by atoms with van der Waals surface area (Å²) in [6.07, 6.45) is 0.870. The molecule has 142 valence electrons. The third-order valence-corrected chi connectivity index (χ3v) is 4.83. The maximum Gasteiger partial charge on any atom is 0.321 e. The van der Waals surface area contributed by atoms with Crippen molar-refractivity contribution in [1.82, 2.24) is 9.80 Å². The van der Waals surface area contributed by atoms with Crippen molar-refractivity contribution in [2.45, 2.75) is 13.3 Å². The van der Waals surface area contributed by atoms with Gasteiger partial charge < -0.3 is 10.2 Å². The standard InChI is InChI=1S/C21H24FN3O2/c1-16(26)18-4-8-20(9-5-18)23-21(27)25-14-12-24(13-15-25)11-10-17-2-6-19(22)7-3-17/h2-9H,10-15H2,1H3,(H,23,27). The Bertz CT molecular complexity index is 782. The molecule has 5 nitrogen and oxygen atoms in total. The average molecular weight is 369 g/mol. The number of carbonyl (C=O) groups is 2. The highest BCUT2D eigenvalue weighted by molar-refractivity contribution is 5.95. The van der Waals surface area contributed by atoms with Gasteiger partial charge in [0.2, 0.25) is 0 Å². The molecule has 6 heteroatoms. The van der Waals surface area contributed by atoms with Crippen molar-refractivity contribution in [3.8, 4) is 0 Å². The van der Waals surface area contributed by atoms with Crippen molar-refractivity contribution in [3.05, 3.63) is 65.5 Å². The molecule has 2 amide bonds. The molecule has 2 aromatic carbocycles. The number of benzene rings is 2. The fourth-order valence-corrected chi connectivity index (χ4v) is 3.10. The number of rotatable bonds is 5. The highest BCUT2D eigenvalue weighted by Crippen LogP contribution is 2.12. The Hall–Kier alpha value is -2.73. The number of Topliss-reactive ketones (excluding diaryl/α,β-unsaturated/α-hetero) is 1. The second kappa shape index (κ2) is 8.77. The second-order valence-electron chi connectivity index (χ2n) is 6.77. The van der Waals surface area contributed by atoms with Crippen LogP contribution in [0, 0.1) is 5.82 Å². The number of amides is 2. The van der Waals surface area contributed by atoms with Crippen molar-refractivity contribution in [2.75, 3.05) is 38.0 Å². The first kappa shape index (κ1) is 19.0. The molecule has 0 spiro atoms. The summed E-state index contributed by atoms with van der Waals surface area (Å²) < 4.78 is 12.9. The van der Waals surface area contributed by atoms with Gasteiger partial charge in [0.15, 0.2) is 5.78 Å². The number of nitrogens with zero attached hydrogens (tertiary/aromatic N) is 2. The summed E-state index contributed by atoms with van der Waals surface area (Å²) in [5, 5.41) is 2.88. The van der Waals surface area contributed by atoms with Crippen LogP contribution in [0.5, 0.6) is 0 Å². The van der Waals surface area contributed by atoms with Gasteiger partial charge in [-0.3, -0.25) is 9.69 Å². The van der Waals surface area contributed by atoms with Gasteiger partial charge in [-0.1, -0.05) is 12.1 Å². The van der Waals surface area contributed by atoms with Crippen LogP contribution >= 0.6 is 0 Å². The normalized spacial score (nSPS) is 14.8. The van der Waals surface area contributed by atoms with Crippen molar-refractivity contribution >= 4 is 17.5 Å². The fraction of sp³-hybridized carbons (Fsp3) is 0.333. The Kier molecular flexibility index (Phi) is 6.19. The second-order valence-corrected chi connectivity index (χ2v) is 6.77. The van der Waals surface area contributed by atoms with Crippen molar-refractivity contribution < 1.29 is 14.0 Å². The Morgan fingerprint density at radius 2 is 1.59 bits per heavy atom. The van der Waals surface area contributed by atoms with E-state index in [1.807, 2.05) is 12.1 Å². The molecule has 0 unspecified atom stereocenters. The molecule has 0 atom stereocenters. The predicted molar refractivity (Wildman–Crippen MR) is 104 cm³/mol. The molecule has 1 fully saturated rings. The molecule has 3 rings (SSSR count). The molecule has 1 N–H and O–H groups in total. The van der Waals surface area contributed by atoms with E-state index in [9.17, 15) is 14.0 Å². The first-order valence-electron chi connectivity index (χ1n) is 9.15. The predicted octanol–water partition coefficient (Wildman–Crippen LogP) is 3.42. The number of anilines is 1. The summed E-state index contributed by atoms with van der Waals surface area (Å²) in [5.41, 5.74) is 2.43. The number of carbonyl (C=O) groups excluding carboxylic acids is 2. The van der Waals surface area contributed by atoms with E-state index >= 15 is 0 Å². The van der Waals surface area contributed by atoms with Gasteiger partial charge in [0.1, 0.15) is 5.82 Å². The zero-order valence-corrected chi connectivity index (χ0v) is 15.5. The van der Waals surface area contributed by atoms with Gasteiger partial charge >= 0.3 is 6.03 Å². The number of hydrogen-bond acceptors (Lipinski definition) is 3. The summed E-state index contributed by atoms with van der Waals surface area (Å²) >= 11 is 0. The number of piperazine rings is 1. The molecule has 1 aliphatic rings. The van der Waals surface area contributed by atoms with Crippen LogP contribution in [0.25, 0.3) is 0 Å². The summed E-state index contributed by atoms with van der Waals surface area (Å²) in [5.74, 6) is -0.209. The van der Waals surface area contributed by atoms with Crippen molar-refractivity contribution in [3.63, 3.8) is 0 Å². The summed E-state index contributed by atoms with van der Waals surface area (Å²) in [6, 6.07) is 13.4. The lowest BCUT2D eigenvalue weighted by molar-refractivity contribution is 0.101. The van der Waals surface area contributed by atoms with Crippen LogP contribution in [0.4, 0.5) is 14.9 Å². The summed E-state index contributed by atoms with van der Waals surface area (Å²) in [7, 11) is 0. The van der Waals surface area contributed by atoms with Gasteiger partial charge in [0.25, 0.3) is 0 Å². The lowest BCUT2D eigenvalue weighted by atomic mass is 10.1. The topological polar surface area (TPSA) is 52.7 Å². The van der Waals surface area contributed by atoms with E-state index in [1.54, 1.807) is 29.2 Å². The Morgan fingerprint density at radius 1 is 0.963 bits per heavy atom. The number of ketones is 1. The molecule has 0 saturated carbocycles. The molecule has 27 heavy (non-hydrogen) atoms. The van der Waals surface area contributed by atoms with E-state index in [0.29, 0.717) is 24.3 Å². The van der Waals surface area contributed by atoms with Gasteiger partial charge in [-0.05, 0) is 55.3 Å². The van der Waals surface area contributed by atoms with E-state index in [-0.39, 0.29) is 17.6 Å². The molecular weight excluding hydrogens is 345 g/mol. The van der Waals surface area contributed by atoms with E-state index in [4.69, 9.17) is 0 Å². The Labute approximate surface area is 158 Å². The SMILES string of the molecule is CC(=O)c1ccc(NC(=O)N2CCN(CCc3ccc(F)cc3)CC2)cc1. The zero-order valence-electron chi connectivity index (χ0n) is 15.5. The van der Waals surface area contributed by atoms with Crippen LogP contribution in [-0.4, -0.2) is 54.3 Å². The van der Waals surface area contributed by atoms with Gasteiger partial charge in [0, 0.05) is 44.0 Å². The summed E-state index contributed by atoms with van der Waals surface area (Å²) in [4.78, 5) is 27.8. The van der Waals surface area contributed by atoms with Crippen LogP contribution in [0.15, 0.2) is 48.5 Å². The largest absolute Gasteiger partial charge is 0.322 e. The third-order valence-electron chi connectivity index (χ3n) is 4.83. The molecular formula is C21H24FN3O2. The van der Waals surface area contributed by atoms with E-state index < -0.39 is 0 Å². The molecule has 1 saturated heterocycles. The molecule has 0 radical (unpaired) electrons. The summed E-state index contributed by atoms with van der Waals surface area (Å²) in [6.45, 7) is 5.38. The first-order valence-corrected chi connectivity index (χ1v) is 9.15. The van der Waals surface area contributed by atoms with Crippen LogP contribution in [-0.2, 0) is 6.42 Å². The maximum absolute atomic E-state index is 12.9. The van der Waals surface area contributed by atoms with Crippen molar-refractivity contribution in [1.29, 1.82) is 0 Å². The molecule has 2 aromatic rings. The number of urea groups is 1. The average Bonchev–Trinajstić information content (AvgIpc) is 2.68. The Balaban J connectivity index is 1.43. The fourth-order valence-electron chi connectivity index (χ4n) is 3.10. The van der Waals surface area contributed by atoms with Gasteiger partial charge in [0.05, 0.1) is 0 Å². The van der Waals surface area contributed by atoms with Crippen molar-refractivity contribution in [2.24, 2.45) is 0 Å². The van der Waals surface area contributed by atoms with Gasteiger partial charge in [-0.25, -0.2) is 9.18 Å². The monoisotopic (exact) mass is 369 g/mol. The van der Waals surface area contributed by atoms with Crippen LogP contribution in [0.2, 0.25) is 0 Å². The highest BCUT2D eigenvalue weighted by atomic mass is 19.1. The molecule has 1 aliphatic heterocycles. The van der Waals surface area contributed by atoms with E-state index in [0.717, 1.165) is 31.6 Å². The van der Waals surface area contributed by atoms with Crippen LogP contribution in [0.3, 0.4) is 0 Å². The van der Waals surface area contributed by atoms with E-state index in [1.165, 1.54) is 19.1 Å². The lowest BCUT2D eigenvalue weighted by Crippen LogP contribution is -2.50. The minimum atomic E-state index is -0.214. The van der Waals surface area contributed by atoms with Gasteiger partial charge in [-0.15, -0.1) is 0 Å². The molecule has 0 aliphatic carbocycles. The van der Waals surface area contributed by atoms with Crippen LogP contribution in [0.1, 0.15) is 22.8 Å². The minimum absolute atomic E-state index is 0.00429. The zero-order chi connectivity index (χ0) is 19.2. The Morgan fingerprint density at radius 3 is 2.19 bits per heavy atom. The first-order chi connectivity index (χ1) is 13.0. The highest BCUT2D eigenvalue weighted by Gasteiger charge is 2.21. The quantitative estimate of drug-likeness (QED) is 0.822. The number of hydrogen-bond donors (Lipinski definition) is 1. The van der Waals surface area contributed by atoms with Gasteiger partial charge in [-0.2, -0.15) is 0 Å². The molecule has 0 bridgehead atoms. The smallest absolute Gasteiger partial charge is 0.321 e. The maximum atomic E-state index is 12.9. The lowest BCUT2D eigenvalue weighted by Gasteiger charge is -2.34. The van der Waals surface area contributed by atoms with E-state index in [2.05, 4.69) is 10.2 Å². The minimum Gasteiger partial charge on any atom is -0.322 e. The third kappa shape index (κ3) is 5.37. The number of halogens is 1. The molecule has 1 heterocycles.